The Hall–Kier alpha value is -3.52. The van der Waals surface area contributed by atoms with Gasteiger partial charge in [0.2, 0.25) is 0 Å². The summed E-state index contributed by atoms with van der Waals surface area (Å²) in [6.07, 6.45) is 0. The Balaban J connectivity index is 1.37. The summed E-state index contributed by atoms with van der Waals surface area (Å²) in [7, 11) is -3.69. The van der Waals surface area contributed by atoms with Crippen molar-refractivity contribution in [1.82, 2.24) is 5.32 Å². The Labute approximate surface area is 181 Å². The van der Waals surface area contributed by atoms with E-state index in [1.807, 2.05) is 25.1 Å². The topological polar surface area (TPSA) is 93.7 Å². The van der Waals surface area contributed by atoms with Gasteiger partial charge in [-0.2, -0.15) is 0 Å². The van der Waals surface area contributed by atoms with Crippen molar-refractivity contribution in [3.8, 4) is 11.5 Å². The number of aryl methyl sites for hydroxylation is 1. The lowest BCUT2D eigenvalue weighted by molar-refractivity contribution is 0.0951. The van der Waals surface area contributed by atoms with Gasteiger partial charge in [0.1, 0.15) is 13.2 Å². The van der Waals surface area contributed by atoms with E-state index in [-0.39, 0.29) is 10.8 Å². The molecule has 4 rings (SSSR count). The number of anilines is 1. The standard InChI is InChI=1S/C23H22N2O5S/c1-16-2-9-20(10-3-16)31(27,28)25-19-7-5-18(6-8-19)23(26)24-15-17-4-11-21-22(14-17)30-13-12-29-21/h2-11,14,25H,12-13,15H2,1H3,(H,24,26). The molecule has 0 unspecified atom stereocenters. The monoisotopic (exact) mass is 438 g/mol. The van der Waals surface area contributed by atoms with Gasteiger partial charge in [-0.15, -0.1) is 0 Å². The molecule has 3 aromatic rings. The number of fused-ring (bicyclic) bond motifs is 1. The second-order valence-electron chi connectivity index (χ2n) is 7.16. The van der Waals surface area contributed by atoms with E-state index in [1.165, 1.54) is 0 Å². The first kappa shape index (κ1) is 20.7. The van der Waals surface area contributed by atoms with E-state index in [0.717, 1.165) is 11.1 Å². The minimum atomic E-state index is -3.69. The molecular weight excluding hydrogens is 416 g/mol. The van der Waals surface area contributed by atoms with E-state index in [4.69, 9.17) is 9.47 Å². The summed E-state index contributed by atoms with van der Waals surface area (Å²) in [4.78, 5) is 12.6. The maximum Gasteiger partial charge on any atom is 0.261 e. The summed E-state index contributed by atoms with van der Waals surface area (Å²) in [5, 5.41) is 2.85. The number of rotatable bonds is 6. The molecule has 0 bridgehead atoms. The van der Waals surface area contributed by atoms with Gasteiger partial charge < -0.3 is 14.8 Å². The smallest absolute Gasteiger partial charge is 0.261 e. The Kier molecular flexibility index (Phi) is 5.81. The van der Waals surface area contributed by atoms with Crippen molar-refractivity contribution in [1.29, 1.82) is 0 Å². The predicted octanol–water partition coefficient (Wildman–Crippen LogP) is 3.50. The Bertz CT molecular complexity index is 1190. The number of amides is 1. The van der Waals surface area contributed by atoms with E-state index < -0.39 is 10.0 Å². The van der Waals surface area contributed by atoms with Crippen LogP contribution in [0.3, 0.4) is 0 Å². The maximum absolute atomic E-state index is 12.5. The third-order valence-corrected chi connectivity index (χ3v) is 6.19. The molecular formula is C23H22N2O5S. The second-order valence-corrected chi connectivity index (χ2v) is 8.84. The molecule has 1 heterocycles. The number of hydrogen-bond donors (Lipinski definition) is 2. The van der Waals surface area contributed by atoms with Crippen LogP contribution < -0.4 is 19.5 Å². The van der Waals surface area contributed by atoms with E-state index >= 15 is 0 Å². The van der Waals surface area contributed by atoms with Crippen LogP contribution in [-0.2, 0) is 16.6 Å². The number of hydrogen-bond acceptors (Lipinski definition) is 5. The number of carbonyl (C=O) groups is 1. The summed E-state index contributed by atoms with van der Waals surface area (Å²) in [6.45, 7) is 3.25. The molecule has 0 saturated heterocycles. The zero-order valence-electron chi connectivity index (χ0n) is 16.9. The quantitative estimate of drug-likeness (QED) is 0.614. The predicted molar refractivity (Wildman–Crippen MR) is 117 cm³/mol. The summed E-state index contributed by atoms with van der Waals surface area (Å²) < 4.78 is 38.5. The lowest BCUT2D eigenvalue weighted by atomic mass is 10.1. The first-order valence-electron chi connectivity index (χ1n) is 9.77. The summed E-state index contributed by atoms with van der Waals surface area (Å²) in [5.41, 5.74) is 2.67. The van der Waals surface area contributed by atoms with Gasteiger partial charge in [-0.1, -0.05) is 23.8 Å². The van der Waals surface area contributed by atoms with Gasteiger partial charge >= 0.3 is 0 Å². The summed E-state index contributed by atoms with van der Waals surface area (Å²) in [5.74, 6) is 1.11. The number of ether oxygens (including phenoxy) is 2. The Morgan fingerprint density at radius 1 is 0.903 bits per heavy atom. The Morgan fingerprint density at radius 2 is 1.58 bits per heavy atom. The van der Waals surface area contributed by atoms with Crippen LogP contribution in [0.25, 0.3) is 0 Å². The molecule has 2 N–H and O–H groups in total. The molecule has 7 nitrogen and oxygen atoms in total. The molecule has 3 aromatic carbocycles. The lowest BCUT2D eigenvalue weighted by Crippen LogP contribution is -2.23. The maximum atomic E-state index is 12.5. The van der Waals surface area contributed by atoms with Crippen molar-refractivity contribution >= 4 is 21.6 Å². The lowest BCUT2D eigenvalue weighted by Gasteiger charge is -2.19. The second kappa shape index (κ2) is 8.69. The molecule has 0 radical (unpaired) electrons. The highest BCUT2D eigenvalue weighted by Crippen LogP contribution is 2.30. The van der Waals surface area contributed by atoms with Crippen LogP contribution in [0, 0.1) is 6.92 Å². The fourth-order valence-corrected chi connectivity index (χ4v) is 4.16. The summed E-state index contributed by atoms with van der Waals surface area (Å²) in [6, 6.07) is 18.4. The van der Waals surface area contributed by atoms with Gasteiger partial charge in [-0.3, -0.25) is 9.52 Å². The largest absolute Gasteiger partial charge is 0.486 e. The van der Waals surface area contributed by atoms with Gasteiger partial charge in [0, 0.05) is 17.8 Å². The van der Waals surface area contributed by atoms with Crippen LogP contribution >= 0.6 is 0 Å². The highest BCUT2D eigenvalue weighted by atomic mass is 32.2. The minimum absolute atomic E-state index is 0.180. The molecule has 0 saturated carbocycles. The third kappa shape index (κ3) is 4.97. The fraction of sp³-hybridized carbons (Fsp3) is 0.174. The molecule has 31 heavy (non-hydrogen) atoms. The van der Waals surface area contributed by atoms with E-state index in [0.29, 0.717) is 42.5 Å². The molecule has 0 fully saturated rings. The first-order valence-corrected chi connectivity index (χ1v) is 11.3. The molecule has 1 aliphatic heterocycles. The Morgan fingerprint density at radius 3 is 2.29 bits per heavy atom. The molecule has 1 amide bonds. The number of benzene rings is 3. The van der Waals surface area contributed by atoms with Gasteiger partial charge in [-0.25, -0.2) is 8.42 Å². The molecule has 160 valence electrons. The van der Waals surface area contributed by atoms with Crippen LogP contribution in [0.2, 0.25) is 0 Å². The van der Waals surface area contributed by atoms with Crippen LogP contribution in [0.1, 0.15) is 21.5 Å². The average molecular weight is 439 g/mol. The van der Waals surface area contributed by atoms with Crippen molar-refractivity contribution in [3.05, 3.63) is 83.4 Å². The van der Waals surface area contributed by atoms with Crippen molar-refractivity contribution in [2.45, 2.75) is 18.4 Å². The summed E-state index contributed by atoms with van der Waals surface area (Å²) >= 11 is 0. The molecule has 1 aliphatic rings. The normalized spacial score (nSPS) is 12.8. The van der Waals surface area contributed by atoms with Crippen LogP contribution in [0.15, 0.2) is 71.6 Å². The van der Waals surface area contributed by atoms with Crippen molar-refractivity contribution in [2.24, 2.45) is 0 Å². The molecule has 8 heteroatoms. The van der Waals surface area contributed by atoms with E-state index in [2.05, 4.69) is 10.0 Å². The molecule has 0 aliphatic carbocycles. The third-order valence-electron chi connectivity index (χ3n) is 4.79. The minimum Gasteiger partial charge on any atom is -0.486 e. The van der Waals surface area contributed by atoms with Crippen molar-refractivity contribution in [2.75, 3.05) is 17.9 Å². The SMILES string of the molecule is Cc1ccc(S(=O)(=O)Nc2ccc(C(=O)NCc3ccc4c(c3)OCCO4)cc2)cc1. The molecule has 0 atom stereocenters. The van der Waals surface area contributed by atoms with Gasteiger partial charge in [0.05, 0.1) is 4.90 Å². The highest BCUT2D eigenvalue weighted by molar-refractivity contribution is 7.92. The number of nitrogens with one attached hydrogen (secondary N) is 2. The zero-order valence-corrected chi connectivity index (χ0v) is 17.7. The van der Waals surface area contributed by atoms with Gasteiger partial charge in [0.25, 0.3) is 15.9 Å². The zero-order chi connectivity index (χ0) is 21.8. The van der Waals surface area contributed by atoms with E-state index in [9.17, 15) is 13.2 Å². The van der Waals surface area contributed by atoms with Crippen LogP contribution in [-0.4, -0.2) is 27.5 Å². The van der Waals surface area contributed by atoms with Crippen molar-refractivity contribution < 1.29 is 22.7 Å². The average Bonchev–Trinajstić information content (AvgIpc) is 2.78. The van der Waals surface area contributed by atoms with E-state index in [1.54, 1.807) is 48.5 Å². The highest BCUT2D eigenvalue weighted by Gasteiger charge is 2.15. The molecule has 0 spiro atoms. The van der Waals surface area contributed by atoms with Crippen molar-refractivity contribution in [3.63, 3.8) is 0 Å². The number of sulfonamides is 1. The van der Waals surface area contributed by atoms with Crippen LogP contribution in [0.4, 0.5) is 5.69 Å². The molecule has 0 aromatic heterocycles. The van der Waals surface area contributed by atoms with Gasteiger partial charge in [0.15, 0.2) is 11.5 Å². The van der Waals surface area contributed by atoms with Crippen LogP contribution in [0.5, 0.6) is 11.5 Å². The number of carbonyl (C=O) groups excluding carboxylic acids is 1. The fourth-order valence-electron chi connectivity index (χ4n) is 3.10. The first-order chi connectivity index (χ1) is 14.9. The van der Waals surface area contributed by atoms with Gasteiger partial charge in [-0.05, 0) is 61.0 Å².